The van der Waals surface area contributed by atoms with Gasteiger partial charge < -0.3 is 19.9 Å². The Balaban J connectivity index is 1.23. The van der Waals surface area contributed by atoms with Crippen molar-refractivity contribution in [3.05, 3.63) is 67.0 Å². The molecule has 1 fully saturated rings. The second-order valence-electron chi connectivity index (χ2n) is 7.65. The average Bonchev–Trinajstić information content (AvgIpc) is 3.30. The number of nitrogens with zero attached hydrogens (tertiary/aromatic N) is 4. The van der Waals surface area contributed by atoms with Crippen LogP contribution in [-0.2, 0) is 16.1 Å². The van der Waals surface area contributed by atoms with Gasteiger partial charge in [-0.2, -0.15) is 5.10 Å². The smallest absolute Gasteiger partial charge is 0.244 e. The van der Waals surface area contributed by atoms with Gasteiger partial charge >= 0.3 is 0 Å². The summed E-state index contributed by atoms with van der Waals surface area (Å²) in [6.07, 6.45) is 3.26. The Morgan fingerprint density at radius 3 is 2.61 bits per heavy atom. The van der Waals surface area contributed by atoms with Crippen LogP contribution in [0.15, 0.2) is 71.9 Å². The lowest BCUT2D eigenvalue weighted by Gasteiger charge is -2.36. The van der Waals surface area contributed by atoms with Crippen molar-refractivity contribution in [2.45, 2.75) is 11.4 Å². The molecular formula is C24H27N5O3S. The molecule has 4 rings (SSSR count). The third-order valence-electron chi connectivity index (χ3n) is 5.38. The van der Waals surface area contributed by atoms with Crippen molar-refractivity contribution in [2.24, 2.45) is 0 Å². The number of benzene rings is 2. The highest BCUT2D eigenvalue weighted by atomic mass is 32.2. The van der Waals surface area contributed by atoms with E-state index in [-0.39, 0.29) is 18.4 Å². The first-order valence-electron chi connectivity index (χ1n) is 10.8. The van der Waals surface area contributed by atoms with Gasteiger partial charge in [-0.15, -0.1) is 11.8 Å². The van der Waals surface area contributed by atoms with E-state index in [4.69, 9.17) is 4.74 Å². The maximum absolute atomic E-state index is 12.7. The molecule has 0 bridgehead atoms. The molecule has 1 aromatic heterocycles. The van der Waals surface area contributed by atoms with Crippen molar-refractivity contribution in [3.63, 3.8) is 0 Å². The second kappa shape index (κ2) is 10.9. The molecule has 172 valence electrons. The van der Waals surface area contributed by atoms with Crippen LogP contribution >= 0.6 is 11.8 Å². The highest BCUT2D eigenvalue weighted by Gasteiger charge is 2.22. The van der Waals surface area contributed by atoms with Crippen LogP contribution in [-0.4, -0.2) is 65.5 Å². The highest BCUT2D eigenvalue weighted by molar-refractivity contribution is 8.00. The summed E-state index contributed by atoms with van der Waals surface area (Å²) in [5.41, 5.74) is 1.68. The summed E-state index contributed by atoms with van der Waals surface area (Å²) < 4.78 is 6.87. The molecule has 0 saturated carbocycles. The fraction of sp³-hybridized carbons (Fsp3) is 0.292. The highest BCUT2D eigenvalue weighted by Crippen LogP contribution is 2.22. The quantitative estimate of drug-likeness (QED) is 0.516. The Kier molecular flexibility index (Phi) is 7.51. The van der Waals surface area contributed by atoms with E-state index < -0.39 is 0 Å². The topological polar surface area (TPSA) is 79.7 Å². The number of aromatic nitrogens is 2. The van der Waals surface area contributed by atoms with Gasteiger partial charge in [-0.3, -0.25) is 14.3 Å². The summed E-state index contributed by atoms with van der Waals surface area (Å²) in [6, 6.07) is 17.7. The lowest BCUT2D eigenvalue weighted by atomic mass is 10.2. The summed E-state index contributed by atoms with van der Waals surface area (Å²) in [4.78, 5) is 30.1. The fourth-order valence-corrected chi connectivity index (χ4v) is 4.36. The normalized spacial score (nSPS) is 13.6. The molecule has 9 heteroatoms. The largest absolute Gasteiger partial charge is 0.497 e. The van der Waals surface area contributed by atoms with Crippen LogP contribution in [0.2, 0.25) is 0 Å². The lowest BCUT2D eigenvalue weighted by Crippen LogP contribution is -2.49. The molecule has 2 heterocycles. The number of hydrogen-bond acceptors (Lipinski definition) is 6. The number of ether oxygens (including phenoxy) is 1. The van der Waals surface area contributed by atoms with Gasteiger partial charge in [0.05, 0.1) is 24.7 Å². The van der Waals surface area contributed by atoms with Crippen molar-refractivity contribution in [3.8, 4) is 5.75 Å². The number of anilines is 2. The minimum absolute atomic E-state index is 0.0147. The van der Waals surface area contributed by atoms with Gasteiger partial charge in [0.1, 0.15) is 12.3 Å². The molecule has 1 aliphatic rings. The van der Waals surface area contributed by atoms with Crippen LogP contribution in [0.5, 0.6) is 5.75 Å². The van der Waals surface area contributed by atoms with E-state index in [1.165, 1.54) is 11.8 Å². The molecule has 0 spiro atoms. The van der Waals surface area contributed by atoms with E-state index in [9.17, 15) is 9.59 Å². The molecule has 0 radical (unpaired) electrons. The first-order chi connectivity index (χ1) is 16.1. The van der Waals surface area contributed by atoms with Crippen LogP contribution in [0.4, 0.5) is 11.4 Å². The maximum Gasteiger partial charge on any atom is 0.244 e. The van der Waals surface area contributed by atoms with Crippen molar-refractivity contribution in [1.82, 2.24) is 14.7 Å². The number of carbonyl (C=O) groups is 2. The number of hydrogen-bond donors (Lipinski definition) is 1. The molecular weight excluding hydrogens is 438 g/mol. The van der Waals surface area contributed by atoms with Crippen LogP contribution in [0.3, 0.4) is 0 Å². The summed E-state index contributed by atoms with van der Waals surface area (Å²) in [5, 5.41) is 7.06. The Bertz CT molecular complexity index is 1080. The van der Waals surface area contributed by atoms with Gasteiger partial charge in [0.15, 0.2) is 0 Å². The van der Waals surface area contributed by atoms with E-state index in [2.05, 4.69) is 21.4 Å². The first-order valence-corrected chi connectivity index (χ1v) is 11.8. The number of nitrogens with one attached hydrogen (secondary N) is 1. The van der Waals surface area contributed by atoms with Gasteiger partial charge in [-0.05, 0) is 24.3 Å². The Morgan fingerprint density at radius 1 is 1.06 bits per heavy atom. The summed E-state index contributed by atoms with van der Waals surface area (Å²) in [5.74, 6) is 1.04. The van der Waals surface area contributed by atoms with E-state index in [0.29, 0.717) is 24.5 Å². The average molecular weight is 466 g/mol. The number of rotatable bonds is 8. The summed E-state index contributed by atoms with van der Waals surface area (Å²) in [7, 11) is 1.66. The Hall–Kier alpha value is -3.46. The minimum atomic E-state index is -0.108. The fourth-order valence-electron chi connectivity index (χ4n) is 3.64. The SMILES string of the molecule is COc1cccc(N2CCN(C(=O)Cn3cc(NC(=O)CSc4ccccc4)cn3)CC2)c1. The first kappa shape index (κ1) is 22.7. The van der Waals surface area contributed by atoms with Gasteiger partial charge in [-0.1, -0.05) is 24.3 Å². The summed E-state index contributed by atoms with van der Waals surface area (Å²) in [6.45, 7) is 2.97. The number of piperazine rings is 1. The van der Waals surface area contributed by atoms with Crippen molar-refractivity contribution in [1.29, 1.82) is 0 Å². The number of carbonyl (C=O) groups excluding carboxylic acids is 2. The van der Waals surface area contributed by atoms with Crippen LogP contribution in [0.25, 0.3) is 0 Å². The lowest BCUT2D eigenvalue weighted by molar-refractivity contribution is -0.132. The third kappa shape index (κ3) is 6.29. The van der Waals surface area contributed by atoms with E-state index >= 15 is 0 Å². The van der Waals surface area contributed by atoms with Crippen LogP contribution in [0, 0.1) is 0 Å². The maximum atomic E-state index is 12.7. The van der Waals surface area contributed by atoms with Crippen LogP contribution in [0.1, 0.15) is 0 Å². The number of amides is 2. The number of thioether (sulfide) groups is 1. The van der Waals surface area contributed by atoms with Gasteiger partial charge in [0.2, 0.25) is 11.8 Å². The molecule has 0 aliphatic carbocycles. The van der Waals surface area contributed by atoms with Crippen molar-refractivity contribution >= 4 is 35.0 Å². The zero-order valence-electron chi connectivity index (χ0n) is 18.5. The zero-order valence-corrected chi connectivity index (χ0v) is 19.3. The van der Waals surface area contributed by atoms with Crippen molar-refractivity contribution in [2.75, 3.05) is 49.3 Å². The van der Waals surface area contributed by atoms with Crippen LogP contribution < -0.4 is 15.0 Å². The molecule has 0 atom stereocenters. The standard InChI is InChI=1S/C24H27N5O3S/c1-32-21-7-5-6-20(14-21)27-10-12-28(13-11-27)24(31)17-29-16-19(15-25-29)26-23(30)18-33-22-8-3-2-4-9-22/h2-9,14-16H,10-13,17-18H2,1H3,(H,26,30). The zero-order chi connectivity index (χ0) is 23.0. The van der Waals surface area contributed by atoms with Gasteiger partial charge in [0, 0.05) is 49.0 Å². The molecule has 1 aliphatic heterocycles. The summed E-state index contributed by atoms with van der Waals surface area (Å²) >= 11 is 1.47. The monoisotopic (exact) mass is 465 g/mol. The Labute approximate surface area is 197 Å². The molecule has 3 aromatic rings. The molecule has 1 N–H and O–H groups in total. The molecule has 2 aromatic carbocycles. The Morgan fingerprint density at radius 2 is 1.85 bits per heavy atom. The third-order valence-corrected chi connectivity index (χ3v) is 6.39. The van der Waals surface area contributed by atoms with Gasteiger partial charge in [-0.25, -0.2) is 0 Å². The van der Waals surface area contributed by atoms with Crippen molar-refractivity contribution < 1.29 is 14.3 Å². The second-order valence-corrected chi connectivity index (χ2v) is 8.69. The van der Waals surface area contributed by atoms with E-state index in [1.807, 2.05) is 53.4 Å². The molecule has 0 unspecified atom stereocenters. The molecule has 8 nitrogen and oxygen atoms in total. The minimum Gasteiger partial charge on any atom is -0.497 e. The molecule has 33 heavy (non-hydrogen) atoms. The number of methoxy groups -OCH3 is 1. The van der Waals surface area contributed by atoms with E-state index in [0.717, 1.165) is 29.4 Å². The van der Waals surface area contributed by atoms with Gasteiger partial charge in [0.25, 0.3) is 0 Å². The molecule has 1 saturated heterocycles. The molecule has 2 amide bonds. The predicted molar refractivity (Wildman–Crippen MR) is 130 cm³/mol. The van der Waals surface area contributed by atoms with E-state index in [1.54, 1.807) is 24.2 Å². The predicted octanol–water partition coefficient (Wildman–Crippen LogP) is 2.97.